The van der Waals surface area contributed by atoms with Crippen molar-refractivity contribution >= 4 is 5.78 Å². The number of ketones is 1. The number of hydrogen-bond acceptors (Lipinski definition) is 2. The zero-order chi connectivity index (χ0) is 11.4. The van der Waals surface area contributed by atoms with Crippen LogP contribution in [0.5, 0.6) is 5.75 Å². The van der Waals surface area contributed by atoms with Gasteiger partial charge in [0.2, 0.25) is 0 Å². The molecule has 0 bridgehead atoms. The predicted octanol–water partition coefficient (Wildman–Crippen LogP) is 2.95. The van der Waals surface area contributed by atoms with Crippen molar-refractivity contribution in [3.8, 4) is 5.75 Å². The van der Waals surface area contributed by atoms with Crippen molar-refractivity contribution in [2.75, 3.05) is 7.11 Å². The van der Waals surface area contributed by atoms with E-state index < -0.39 is 0 Å². The number of carbonyl (C=O) groups is 1. The Bertz CT molecular complexity index is 354. The van der Waals surface area contributed by atoms with Gasteiger partial charge in [0.1, 0.15) is 11.5 Å². The van der Waals surface area contributed by atoms with Gasteiger partial charge in [-0.05, 0) is 30.0 Å². The first kappa shape index (κ1) is 11.8. The van der Waals surface area contributed by atoms with E-state index in [0.717, 1.165) is 16.9 Å². The van der Waals surface area contributed by atoms with Gasteiger partial charge >= 0.3 is 0 Å². The first-order valence-corrected chi connectivity index (χ1v) is 5.21. The van der Waals surface area contributed by atoms with Gasteiger partial charge in [-0.15, -0.1) is 0 Å². The summed E-state index contributed by atoms with van der Waals surface area (Å²) < 4.78 is 5.28. The molecule has 0 fully saturated rings. The van der Waals surface area contributed by atoms with Crippen LogP contribution >= 0.6 is 0 Å². The minimum atomic E-state index is 0.190. The molecule has 0 saturated heterocycles. The molecule has 2 nitrogen and oxygen atoms in total. The van der Waals surface area contributed by atoms with Gasteiger partial charge in [0, 0.05) is 6.42 Å². The number of Topliss-reactive ketones (excluding diaryl/α,β-unsaturated/α-hetero) is 1. The van der Waals surface area contributed by atoms with Crippen LogP contribution in [0.1, 0.15) is 37.8 Å². The van der Waals surface area contributed by atoms with Gasteiger partial charge in [-0.2, -0.15) is 0 Å². The Morgan fingerprint density at radius 3 is 2.53 bits per heavy atom. The maximum absolute atomic E-state index is 11.0. The summed E-state index contributed by atoms with van der Waals surface area (Å²) in [5, 5.41) is 0. The largest absolute Gasteiger partial charge is 0.496 e. The molecule has 0 aromatic heterocycles. The molecule has 0 unspecified atom stereocenters. The molecule has 0 aliphatic carbocycles. The second-order valence-corrected chi connectivity index (χ2v) is 4.11. The average Bonchev–Trinajstić information content (AvgIpc) is 2.16. The molecule has 0 aliphatic heterocycles. The first-order chi connectivity index (χ1) is 7.04. The molecule has 0 aliphatic rings. The summed E-state index contributed by atoms with van der Waals surface area (Å²) in [6.45, 7) is 5.85. The lowest BCUT2D eigenvalue weighted by Crippen LogP contribution is -2.00. The van der Waals surface area contributed by atoms with Crippen molar-refractivity contribution in [1.82, 2.24) is 0 Å². The van der Waals surface area contributed by atoms with Gasteiger partial charge in [-0.3, -0.25) is 4.79 Å². The van der Waals surface area contributed by atoms with Gasteiger partial charge in [-0.1, -0.05) is 26.0 Å². The quantitative estimate of drug-likeness (QED) is 0.757. The Kier molecular flexibility index (Phi) is 3.89. The van der Waals surface area contributed by atoms with Crippen molar-refractivity contribution in [3.63, 3.8) is 0 Å². The highest BCUT2D eigenvalue weighted by Gasteiger charge is 2.08. The molecule has 0 saturated carbocycles. The van der Waals surface area contributed by atoms with E-state index in [2.05, 4.69) is 19.9 Å². The summed E-state index contributed by atoms with van der Waals surface area (Å²) in [5.74, 6) is 1.50. The van der Waals surface area contributed by atoms with Crippen LogP contribution in [0.2, 0.25) is 0 Å². The summed E-state index contributed by atoms with van der Waals surface area (Å²) in [7, 11) is 1.67. The monoisotopic (exact) mass is 206 g/mol. The number of benzene rings is 1. The minimum absolute atomic E-state index is 0.190. The molecule has 15 heavy (non-hydrogen) atoms. The van der Waals surface area contributed by atoms with E-state index in [9.17, 15) is 4.79 Å². The number of carbonyl (C=O) groups excluding carboxylic acids is 1. The molecular weight excluding hydrogens is 188 g/mol. The summed E-state index contributed by atoms with van der Waals surface area (Å²) in [6, 6.07) is 5.95. The van der Waals surface area contributed by atoms with E-state index in [-0.39, 0.29) is 5.78 Å². The highest BCUT2D eigenvalue weighted by Crippen LogP contribution is 2.27. The zero-order valence-electron chi connectivity index (χ0n) is 9.83. The highest BCUT2D eigenvalue weighted by molar-refractivity contribution is 5.78. The summed E-state index contributed by atoms with van der Waals surface area (Å²) in [6.07, 6.45) is 0.504. The SMILES string of the molecule is COc1ccc(CC(C)=O)cc1C(C)C. The van der Waals surface area contributed by atoms with E-state index in [1.807, 2.05) is 12.1 Å². The fourth-order valence-corrected chi connectivity index (χ4v) is 1.63. The smallest absolute Gasteiger partial charge is 0.134 e. The van der Waals surface area contributed by atoms with Crippen LogP contribution in [-0.4, -0.2) is 12.9 Å². The molecule has 1 rings (SSSR count). The normalized spacial score (nSPS) is 10.5. The summed E-state index contributed by atoms with van der Waals surface area (Å²) >= 11 is 0. The average molecular weight is 206 g/mol. The van der Waals surface area contributed by atoms with Gasteiger partial charge in [0.25, 0.3) is 0 Å². The zero-order valence-corrected chi connectivity index (χ0v) is 9.83. The molecular formula is C13H18O2. The van der Waals surface area contributed by atoms with Crippen molar-refractivity contribution in [3.05, 3.63) is 29.3 Å². The molecule has 0 amide bonds. The second kappa shape index (κ2) is 4.96. The minimum Gasteiger partial charge on any atom is -0.496 e. The molecule has 0 atom stereocenters. The maximum Gasteiger partial charge on any atom is 0.134 e. The third kappa shape index (κ3) is 3.08. The van der Waals surface area contributed by atoms with Gasteiger partial charge in [-0.25, -0.2) is 0 Å². The van der Waals surface area contributed by atoms with E-state index in [1.165, 1.54) is 0 Å². The molecule has 0 radical (unpaired) electrons. The maximum atomic E-state index is 11.0. The van der Waals surface area contributed by atoms with E-state index >= 15 is 0 Å². The van der Waals surface area contributed by atoms with Crippen LogP contribution in [0.3, 0.4) is 0 Å². The van der Waals surface area contributed by atoms with Crippen molar-refractivity contribution in [1.29, 1.82) is 0 Å². The molecule has 0 N–H and O–H groups in total. The fraction of sp³-hybridized carbons (Fsp3) is 0.462. The first-order valence-electron chi connectivity index (χ1n) is 5.21. The Labute approximate surface area is 91.3 Å². The highest BCUT2D eigenvalue weighted by atomic mass is 16.5. The second-order valence-electron chi connectivity index (χ2n) is 4.11. The number of hydrogen-bond donors (Lipinski definition) is 0. The van der Waals surface area contributed by atoms with E-state index in [0.29, 0.717) is 12.3 Å². The lowest BCUT2D eigenvalue weighted by Gasteiger charge is -2.13. The van der Waals surface area contributed by atoms with Crippen LogP contribution in [0.15, 0.2) is 18.2 Å². The van der Waals surface area contributed by atoms with Crippen molar-refractivity contribution in [2.24, 2.45) is 0 Å². The standard InChI is InChI=1S/C13H18O2/c1-9(2)12-8-11(7-10(3)14)5-6-13(12)15-4/h5-6,8-9H,7H2,1-4H3. The van der Waals surface area contributed by atoms with E-state index in [1.54, 1.807) is 14.0 Å². The van der Waals surface area contributed by atoms with Crippen LogP contribution in [0.4, 0.5) is 0 Å². The Balaban J connectivity index is 3.04. The van der Waals surface area contributed by atoms with Gasteiger partial charge < -0.3 is 4.74 Å². The summed E-state index contributed by atoms with van der Waals surface area (Å²) in [4.78, 5) is 11.0. The summed E-state index contributed by atoms with van der Waals surface area (Å²) in [5.41, 5.74) is 2.23. The molecule has 2 heteroatoms. The topological polar surface area (TPSA) is 26.3 Å². The van der Waals surface area contributed by atoms with Crippen LogP contribution in [-0.2, 0) is 11.2 Å². The molecule has 82 valence electrons. The van der Waals surface area contributed by atoms with Crippen LogP contribution in [0.25, 0.3) is 0 Å². The Morgan fingerprint density at radius 1 is 1.40 bits per heavy atom. The lowest BCUT2D eigenvalue weighted by molar-refractivity contribution is -0.116. The molecule has 0 spiro atoms. The molecule has 0 heterocycles. The van der Waals surface area contributed by atoms with Crippen molar-refractivity contribution in [2.45, 2.75) is 33.1 Å². The predicted molar refractivity (Wildman–Crippen MR) is 61.5 cm³/mol. The number of rotatable bonds is 4. The van der Waals surface area contributed by atoms with Gasteiger partial charge in [0.15, 0.2) is 0 Å². The van der Waals surface area contributed by atoms with Crippen LogP contribution < -0.4 is 4.74 Å². The number of methoxy groups -OCH3 is 1. The molecule has 1 aromatic rings. The Morgan fingerprint density at radius 2 is 2.07 bits per heavy atom. The third-order valence-corrected chi connectivity index (χ3v) is 2.37. The van der Waals surface area contributed by atoms with E-state index in [4.69, 9.17) is 4.74 Å². The number of ether oxygens (including phenoxy) is 1. The molecule has 1 aromatic carbocycles. The fourth-order valence-electron chi connectivity index (χ4n) is 1.63. The van der Waals surface area contributed by atoms with Crippen LogP contribution in [0, 0.1) is 0 Å². The third-order valence-electron chi connectivity index (χ3n) is 2.37. The van der Waals surface area contributed by atoms with Crippen molar-refractivity contribution < 1.29 is 9.53 Å². The van der Waals surface area contributed by atoms with Gasteiger partial charge in [0.05, 0.1) is 7.11 Å². The lowest BCUT2D eigenvalue weighted by atomic mass is 9.98. The Hall–Kier alpha value is -1.31.